The summed E-state index contributed by atoms with van der Waals surface area (Å²) in [6, 6.07) is 7.41. The molecule has 1 aromatic rings. The van der Waals surface area contributed by atoms with E-state index in [1.165, 1.54) is 44.1 Å². The van der Waals surface area contributed by atoms with Gasteiger partial charge in [0, 0.05) is 0 Å². The summed E-state index contributed by atoms with van der Waals surface area (Å²) in [5.41, 5.74) is 1.78. The summed E-state index contributed by atoms with van der Waals surface area (Å²) < 4.78 is 5.62. The van der Waals surface area contributed by atoms with Gasteiger partial charge in [0.05, 0.1) is 0 Å². The minimum absolute atomic E-state index is 0.168. The van der Waals surface area contributed by atoms with Crippen LogP contribution in [0.5, 0.6) is 5.75 Å². The molecule has 5 rings (SSSR count). The van der Waals surface area contributed by atoms with Gasteiger partial charge in [-0.3, -0.25) is 4.79 Å². The number of hydrogen-bond acceptors (Lipinski definition) is 3. The average molecular weight is 400 g/mol. The van der Waals surface area contributed by atoms with E-state index in [2.05, 4.69) is 17.4 Å². The zero-order valence-electron chi connectivity index (χ0n) is 17.5. The number of ether oxygens (including phenoxy) is 1. The molecule has 2 N–H and O–H groups in total. The molecule has 4 aliphatic rings. The van der Waals surface area contributed by atoms with Gasteiger partial charge in [-0.25, -0.2) is 4.79 Å². The molecule has 0 aliphatic heterocycles. The fraction of sp³-hybridized carbons (Fsp3) is 0.667. The Kier molecular flexibility index (Phi) is 5.58. The van der Waals surface area contributed by atoms with Crippen molar-refractivity contribution in [2.45, 2.75) is 70.3 Å². The van der Waals surface area contributed by atoms with Crippen LogP contribution < -0.4 is 10.1 Å². The van der Waals surface area contributed by atoms with Gasteiger partial charge >= 0.3 is 5.97 Å². The molecule has 0 heterocycles. The van der Waals surface area contributed by atoms with E-state index in [1.54, 1.807) is 0 Å². The van der Waals surface area contributed by atoms with Crippen LogP contribution in [0.15, 0.2) is 24.3 Å². The minimum Gasteiger partial charge on any atom is -0.484 e. The molecule has 1 amide bonds. The lowest BCUT2D eigenvalue weighted by Crippen LogP contribution is -2.48. The molecule has 0 aromatic heterocycles. The van der Waals surface area contributed by atoms with Gasteiger partial charge in [0.1, 0.15) is 11.8 Å². The van der Waals surface area contributed by atoms with Crippen LogP contribution in [-0.2, 0) is 15.0 Å². The zero-order chi connectivity index (χ0) is 20.6. The fourth-order valence-corrected chi connectivity index (χ4v) is 6.45. The highest BCUT2D eigenvalue weighted by Gasteiger charge is 2.51. The second kappa shape index (κ2) is 8.00. The van der Waals surface area contributed by atoms with Crippen molar-refractivity contribution in [1.29, 1.82) is 0 Å². The van der Waals surface area contributed by atoms with Crippen LogP contribution in [0.4, 0.5) is 0 Å². The SMILES string of the molecule is CC(C)CC(NC(=O)COc1ccc(C23CC4CC(CC(C4)C2)C3)cc1)C(=O)O. The zero-order valence-corrected chi connectivity index (χ0v) is 17.5. The van der Waals surface area contributed by atoms with Gasteiger partial charge in [-0.2, -0.15) is 0 Å². The predicted molar refractivity (Wildman–Crippen MR) is 111 cm³/mol. The van der Waals surface area contributed by atoms with E-state index in [-0.39, 0.29) is 12.5 Å². The Balaban J connectivity index is 1.33. The molecule has 29 heavy (non-hydrogen) atoms. The minimum atomic E-state index is -1.01. The van der Waals surface area contributed by atoms with Gasteiger partial charge in [-0.15, -0.1) is 0 Å². The molecule has 4 bridgehead atoms. The Hall–Kier alpha value is -2.04. The maximum Gasteiger partial charge on any atom is 0.326 e. The molecule has 0 saturated heterocycles. The number of rotatable bonds is 8. The predicted octanol–water partition coefficient (Wildman–Crippen LogP) is 4.15. The van der Waals surface area contributed by atoms with E-state index in [0.29, 0.717) is 17.6 Å². The lowest BCUT2D eigenvalue weighted by atomic mass is 9.48. The third kappa shape index (κ3) is 4.44. The summed E-state index contributed by atoms with van der Waals surface area (Å²) in [5.74, 6) is 2.17. The summed E-state index contributed by atoms with van der Waals surface area (Å²) in [4.78, 5) is 23.4. The molecule has 5 heteroatoms. The average Bonchev–Trinajstić information content (AvgIpc) is 2.65. The van der Waals surface area contributed by atoms with Crippen molar-refractivity contribution in [2.24, 2.45) is 23.7 Å². The molecular formula is C24H33NO4. The summed E-state index contributed by atoms with van der Waals surface area (Å²) in [6.45, 7) is 3.70. The number of amides is 1. The number of carboxylic acid groups (broad SMARTS) is 1. The van der Waals surface area contributed by atoms with E-state index >= 15 is 0 Å². The molecule has 4 saturated carbocycles. The van der Waals surface area contributed by atoms with Crippen molar-refractivity contribution in [1.82, 2.24) is 5.32 Å². The van der Waals surface area contributed by atoms with Gasteiger partial charge < -0.3 is 15.2 Å². The largest absolute Gasteiger partial charge is 0.484 e. The van der Waals surface area contributed by atoms with Crippen molar-refractivity contribution in [3.05, 3.63) is 29.8 Å². The highest BCUT2D eigenvalue weighted by molar-refractivity contribution is 5.84. The molecule has 1 unspecified atom stereocenters. The lowest BCUT2D eigenvalue weighted by molar-refractivity contribution is -0.142. The lowest BCUT2D eigenvalue weighted by Gasteiger charge is -2.57. The Morgan fingerprint density at radius 1 is 1.07 bits per heavy atom. The molecule has 5 nitrogen and oxygen atoms in total. The van der Waals surface area contributed by atoms with Crippen molar-refractivity contribution in [3.63, 3.8) is 0 Å². The smallest absolute Gasteiger partial charge is 0.326 e. The van der Waals surface area contributed by atoms with Crippen LogP contribution in [0.1, 0.15) is 64.4 Å². The summed E-state index contributed by atoms with van der Waals surface area (Å²) >= 11 is 0. The number of nitrogens with one attached hydrogen (secondary N) is 1. The van der Waals surface area contributed by atoms with E-state index in [9.17, 15) is 14.7 Å². The van der Waals surface area contributed by atoms with Gasteiger partial charge in [0.15, 0.2) is 6.61 Å². The Morgan fingerprint density at radius 3 is 2.10 bits per heavy atom. The maximum atomic E-state index is 12.1. The highest BCUT2D eigenvalue weighted by Crippen LogP contribution is 2.60. The molecule has 0 spiro atoms. The summed E-state index contributed by atoms with van der Waals surface area (Å²) in [5, 5.41) is 11.8. The van der Waals surface area contributed by atoms with Crippen LogP contribution in [-0.4, -0.2) is 29.6 Å². The van der Waals surface area contributed by atoms with E-state index in [0.717, 1.165) is 17.8 Å². The quantitative estimate of drug-likeness (QED) is 0.689. The van der Waals surface area contributed by atoms with Crippen molar-refractivity contribution < 1.29 is 19.4 Å². The highest BCUT2D eigenvalue weighted by atomic mass is 16.5. The number of hydrogen-bond donors (Lipinski definition) is 2. The van der Waals surface area contributed by atoms with Gasteiger partial charge in [0.25, 0.3) is 5.91 Å². The third-order valence-electron chi connectivity index (χ3n) is 7.22. The normalized spacial score (nSPS) is 30.9. The number of carboxylic acids is 1. The fourth-order valence-electron chi connectivity index (χ4n) is 6.45. The second-order valence-corrected chi connectivity index (χ2v) is 10.1. The summed E-state index contributed by atoms with van der Waals surface area (Å²) in [6.07, 6.45) is 8.69. The maximum absolute atomic E-state index is 12.1. The van der Waals surface area contributed by atoms with Crippen molar-refractivity contribution >= 4 is 11.9 Å². The molecule has 1 atom stereocenters. The standard InChI is InChI=1S/C24H33NO4/c1-15(2)7-21(23(27)28)25-22(26)14-29-20-5-3-19(4-6-20)24-11-16-8-17(12-24)10-18(9-16)13-24/h3-6,15-18,21H,7-14H2,1-2H3,(H,25,26)(H,27,28). The first-order valence-electron chi connectivity index (χ1n) is 11.1. The van der Waals surface area contributed by atoms with Gasteiger partial charge in [-0.1, -0.05) is 26.0 Å². The number of carbonyl (C=O) groups is 2. The first kappa shape index (κ1) is 20.2. The molecule has 1 aromatic carbocycles. The molecule has 158 valence electrons. The first-order chi connectivity index (χ1) is 13.8. The van der Waals surface area contributed by atoms with Crippen molar-refractivity contribution in [3.8, 4) is 5.75 Å². The van der Waals surface area contributed by atoms with Crippen LogP contribution in [0.3, 0.4) is 0 Å². The molecule has 4 aliphatic carbocycles. The molecular weight excluding hydrogens is 366 g/mol. The topological polar surface area (TPSA) is 75.6 Å². The first-order valence-corrected chi connectivity index (χ1v) is 11.1. The monoisotopic (exact) mass is 399 g/mol. The van der Waals surface area contributed by atoms with Crippen LogP contribution >= 0.6 is 0 Å². The third-order valence-corrected chi connectivity index (χ3v) is 7.22. The van der Waals surface area contributed by atoms with E-state index in [1.807, 2.05) is 26.0 Å². The van der Waals surface area contributed by atoms with Crippen LogP contribution in [0.2, 0.25) is 0 Å². The van der Waals surface area contributed by atoms with Gasteiger partial charge in [-0.05, 0) is 91.7 Å². The number of carbonyl (C=O) groups excluding carboxylic acids is 1. The van der Waals surface area contributed by atoms with Crippen LogP contribution in [0.25, 0.3) is 0 Å². The molecule has 0 radical (unpaired) electrons. The Morgan fingerprint density at radius 2 is 1.62 bits per heavy atom. The van der Waals surface area contributed by atoms with Crippen molar-refractivity contribution in [2.75, 3.05) is 6.61 Å². The second-order valence-electron chi connectivity index (χ2n) is 10.1. The van der Waals surface area contributed by atoms with E-state index < -0.39 is 17.9 Å². The Bertz CT molecular complexity index is 719. The number of aliphatic carboxylic acids is 1. The number of benzene rings is 1. The van der Waals surface area contributed by atoms with E-state index in [4.69, 9.17) is 4.74 Å². The van der Waals surface area contributed by atoms with Gasteiger partial charge in [0.2, 0.25) is 0 Å². The Labute approximate surface area is 173 Å². The van der Waals surface area contributed by atoms with Crippen LogP contribution in [0, 0.1) is 23.7 Å². The summed E-state index contributed by atoms with van der Waals surface area (Å²) in [7, 11) is 0. The molecule has 4 fully saturated rings.